The zero-order valence-electron chi connectivity index (χ0n) is 18.3. The van der Waals surface area contributed by atoms with E-state index in [9.17, 15) is 4.79 Å². The average molecular weight is 463 g/mol. The van der Waals surface area contributed by atoms with Crippen LogP contribution in [0.3, 0.4) is 0 Å². The molecule has 6 nitrogen and oxygen atoms in total. The van der Waals surface area contributed by atoms with Gasteiger partial charge in [0, 0.05) is 25.0 Å². The lowest BCUT2D eigenvalue weighted by atomic mass is 9.97. The summed E-state index contributed by atoms with van der Waals surface area (Å²) in [6.07, 6.45) is 9.80. The lowest BCUT2D eigenvalue weighted by Crippen LogP contribution is -2.26. The third kappa shape index (κ3) is 7.58. The predicted octanol–water partition coefficient (Wildman–Crippen LogP) is 4.89. The van der Waals surface area contributed by atoms with E-state index in [1.54, 1.807) is 0 Å². The number of aromatic nitrogens is 3. The molecule has 0 saturated carbocycles. The van der Waals surface area contributed by atoms with E-state index < -0.39 is 0 Å². The number of carbonyl (C=O) groups excluding carboxylic acids is 1. The van der Waals surface area contributed by atoms with Crippen molar-refractivity contribution in [2.45, 2.75) is 57.0 Å². The number of nitrogens with one attached hydrogen (secondary N) is 1. The first kappa shape index (κ1) is 23.7. The van der Waals surface area contributed by atoms with Crippen LogP contribution in [0.4, 0.5) is 0 Å². The lowest BCUT2D eigenvalue weighted by Gasteiger charge is -2.12. The molecule has 1 aromatic carbocycles. The average Bonchev–Trinajstić information content (AvgIpc) is 3.11. The van der Waals surface area contributed by atoms with E-state index in [0.29, 0.717) is 23.9 Å². The molecular formula is C23H31ClN4O2S. The fourth-order valence-electron chi connectivity index (χ4n) is 3.55. The summed E-state index contributed by atoms with van der Waals surface area (Å²) in [5, 5.41) is 13.0. The number of ether oxygens (including phenoxy) is 1. The molecule has 31 heavy (non-hydrogen) atoms. The Hall–Kier alpha value is -1.99. The number of amides is 1. The number of rotatable bonds is 11. The van der Waals surface area contributed by atoms with E-state index in [1.807, 2.05) is 36.7 Å². The fraction of sp³-hybridized carbons (Fsp3) is 0.522. The van der Waals surface area contributed by atoms with Crippen molar-refractivity contribution in [1.82, 2.24) is 20.1 Å². The first-order valence-electron chi connectivity index (χ1n) is 10.9. The highest BCUT2D eigenvalue weighted by atomic mass is 35.5. The van der Waals surface area contributed by atoms with Crippen molar-refractivity contribution in [2.24, 2.45) is 7.05 Å². The van der Waals surface area contributed by atoms with Gasteiger partial charge in [-0.3, -0.25) is 4.79 Å². The van der Waals surface area contributed by atoms with Crippen molar-refractivity contribution in [1.29, 1.82) is 0 Å². The van der Waals surface area contributed by atoms with Gasteiger partial charge in [0.05, 0.1) is 12.4 Å². The monoisotopic (exact) mass is 462 g/mol. The summed E-state index contributed by atoms with van der Waals surface area (Å²) in [5.41, 5.74) is 2.51. The van der Waals surface area contributed by atoms with E-state index in [1.165, 1.54) is 43.0 Å². The molecule has 1 amide bonds. The zero-order valence-corrected chi connectivity index (χ0v) is 19.9. The summed E-state index contributed by atoms with van der Waals surface area (Å²) in [4.78, 5) is 12.1. The van der Waals surface area contributed by atoms with E-state index in [0.717, 1.165) is 41.6 Å². The number of aryl methyl sites for hydroxylation is 2. The van der Waals surface area contributed by atoms with Gasteiger partial charge in [-0.15, -0.1) is 10.2 Å². The van der Waals surface area contributed by atoms with Gasteiger partial charge in [0.25, 0.3) is 0 Å². The minimum Gasteiger partial charge on any atom is -0.493 e. The smallest absolute Gasteiger partial charge is 0.230 e. The Balaban J connectivity index is 1.35. The highest BCUT2D eigenvalue weighted by Crippen LogP contribution is 2.22. The summed E-state index contributed by atoms with van der Waals surface area (Å²) in [5.74, 6) is 2.13. The molecule has 2 aromatic rings. The van der Waals surface area contributed by atoms with Crippen molar-refractivity contribution in [3.05, 3.63) is 46.3 Å². The van der Waals surface area contributed by atoms with Crippen molar-refractivity contribution >= 4 is 29.3 Å². The van der Waals surface area contributed by atoms with Crippen LogP contribution in [-0.2, 0) is 18.3 Å². The molecule has 0 atom stereocenters. The standard InChI is InChI=1S/C23H31ClN4O2S/c1-17-15-19(24)10-11-20(17)30-14-6-9-21-26-27-23(28(21)2)31-16-22(29)25-13-12-18-7-4-3-5-8-18/h7,10-11,15H,3-6,8-9,12-14,16H2,1-2H3,(H,25,29). The summed E-state index contributed by atoms with van der Waals surface area (Å²) in [6.45, 7) is 3.29. The van der Waals surface area contributed by atoms with E-state index in [2.05, 4.69) is 21.6 Å². The molecular weight excluding hydrogens is 432 g/mol. The van der Waals surface area contributed by atoms with E-state index >= 15 is 0 Å². The van der Waals surface area contributed by atoms with Gasteiger partial charge >= 0.3 is 0 Å². The molecule has 8 heteroatoms. The number of carbonyl (C=O) groups is 1. The molecule has 1 aliphatic rings. The minimum atomic E-state index is 0.0395. The highest BCUT2D eigenvalue weighted by Gasteiger charge is 2.12. The second kappa shape index (κ2) is 12.2. The minimum absolute atomic E-state index is 0.0395. The van der Waals surface area contributed by atoms with Gasteiger partial charge in [0.2, 0.25) is 5.91 Å². The zero-order chi connectivity index (χ0) is 22.1. The number of nitrogens with zero attached hydrogens (tertiary/aromatic N) is 3. The van der Waals surface area contributed by atoms with Crippen LogP contribution in [0.5, 0.6) is 5.75 Å². The van der Waals surface area contributed by atoms with Crippen LogP contribution in [0.15, 0.2) is 35.0 Å². The summed E-state index contributed by atoms with van der Waals surface area (Å²) >= 11 is 7.40. The van der Waals surface area contributed by atoms with Crippen molar-refractivity contribution in [2.75, 3.05) is 18.9 Å². The Morgan fingerprint density at radius 1 is 1.29 bits per heavy atom. The van der Waals surface area contributed by atoms with Gasteiger partial charge in [-0.2, -0.15) is 0 Å². The molecule has 0 saturated heterocycles. The SMILES string of the molecule is Cc1cc(Cl)ccc1OCCCc1nnc(SCC(=O)NCCC2=CCCCC2)n1C. The first-order chi connectivity index (χ1) is 15.0. The number of halogens is 1. The van der Waals surface area contributed by atoms with Gasteiger partial charge in [0.15, 0.2) is 5.16 Å². The quantitative estimate of drug-likeness (QED) is 0.292. The molecule has 1 aromatic heterocycles. The molecule has 0 fully saturated rings. The number of thioether (sulfide) groups is 1. The van der Waals surface area contributed by atoms with Crippen LogP contribution < -0.4 is 10.1 Å². The van der Waals surface area contributed by atoms with Crippen LogP contribution in [0, 0.1) is 6.92 Å². The first-order valence-corrected chi connectivity index (χ1v) is 12.2. The second-order valence-corrected chi connectivity index (χ2v) is 9.20. The second-order valence-electron chi connectivity index (χ2n) is 7.82. The van der Waals surface area contributed by atoms with Gasteiger partial charge in [-0.1, -0.05) is 35.0 Å². The molecule has 0 aliphatic heterocycles. The number of hydrogen-bond donors (Lipinski definition) is 1. The van der Waals surface area contributed by atoms with Gasteiger partial charge in [-0.05, 0) is 69.2 Å². The Morgan fingerprint density at radius 2 is 2.16 bits per heavy atom. The Labute approximate surface area is 193 Å². The summed E-state index contributed by atoms with van der Waals surface area (Å²) < 4.78 is 7.80. The summed E-state index contributed by atoms with van der Waals surface area (Å²) in [6, 6.07) is 5.62. The van der Waals surface area contributed by atoms with Gasteiger partial charge in [-0.25, -0.2) is 0 Å². The topological polar surface area (TPSA) is 69.0 Å². The molecule has 1 aliphatic carbocycles. The van der Waals surface area contributed by atoms with E-state index in [-0.39, 0.29) is 5.91 Å². The van der Waals surface area contributed by atoms with Crippen molar-refractivity contribution in [3.63, 3.8) is 0 Å². The number of hydrogen-bond acceptors (Lipinski definition) is 5. The predicted molar refractivity (Wildman–Crippen MR) is 126 cm³/mol. The molecule has 0 unspecified atom stereocenters. The largest absolute Gasteiger partial charge is 0.493 e. The number of allylic oxidation sites excluding steroid dienone is 1. The van der Waals surface area contributed by atoms with Gasteiger partial charge in [0.1, 0.15) is 11.6 Å². The van der Waals surface area contributed by atoms with Crippen LogP contribution in [0.1, 0.15) is 49.9 Å². The maximum absolute atomic E-state index is 12.1. The fourth-order valence-corrected chi connectivity index (χ4v) is 4.54. The molecule has 3 rings (SSSR count). The normalized spacial score (nSPS) is 13.7. The lowest BCUT2D eigenvalue weighted by molar-refractivity contribution is -0.118. The van der Waals surface area contributed by atoms with Crippen molar-refractivity contribution in [3.8, 4) is 5.75 Å². The Kier molecular flexibility index (Phi) is 9.28. The maximum atomic E-state index is 12.1. The molecule has 1 heterocycles. The Bertz CT molecular complexity index is 913. The van der Waals surface area contributed by atoms with Crippen LogP contribution >= 0.6 is 23.4 Å². The molecule has 168 valence electrons. The van der Waals surface area contributed by atoms with Crippen LogP contribution in [0.2, 0.25) is 5.02 Å². The molecule has 1 N–H and O–H groups in total. The third-order valence-electron chi connectivity index (χ3n) is 5.35. The molecule has 0 bridgehead atoms. The van der Waals surface area contributed by atoms with Gasteiger partial charge < -0.3 is 14.6 Å². The Morgan fingerprint density at radius 3 is 2.94 bits per heavy atom. The summed E-state index contributed by atoms with van der Waals surface area (Å²) in [7, 11) is 1.94. The molecule has 0 spiro atoms. The van der Waals surface area contributed by atoms with Crippen LogP contribution in [0.25, 0.3) is 0 Å². The van der Waals surface area contributed by atoms with E-state index in [4.69, 9.17) is 16.3 Å². The number of benzene rings is 1. The van der Waals surface area contributed by atoms with Crippen molar-refractivity contribution < 1.29 is 9.53 Å². The molecule has 0 radical (unpaired) electrons. The van der Waals surface area contributed by atoms with Crippen LogP contribution in [-0.4, -0.2) is 39.6 Å². The maximum Gasteiger partial charge on any atom is 0.230 e. The third-order valence-corrected chi connectivity index (χ3v) is 6.61. The highest BCUT2D eigenvalue weighted by molar-refractivity contribution is 7.99.